The highest BCUT2D eigenvalue weighted by Crippen LogP contribution is 2.20. The number of anilines is 1. The Morgan fingerprint density at radius 1 is 1.14 bits per heavy atom. The topological polar surface area (TPSA) is 45.5 Å². The lowest BCUT2D eigenvalue weighted by Gasteiger charge is -2.17. The number of furan rings is 1. The molecule has 0 radical (unpaired) electrons. The van der Waals surface area contributed by atoms with Gasteiger partial charge in [0.25, 0.3) is 5.91 Å². The average Bonchev–Trinajstić information content (AvgIpc) is 3.19. The van der Waals surface area contributed by atoms with Gasteiger partial charge in [-0.05, 0) is 65.0 Å². The van der Waals surface area contributed by atoms with Crippen LogP contribution in [-0.2, 0) is 6.42 Å². The van der Waals surface area contributed by atoms with Crippen molar-refractivity contribution >= 4 is 27.5 Å². The van der Waals surface area contributed by atoms with E-state index in [4.69, 9.17) is 4.42 Å². The fourth-order valence-corrected chi connectivity index (χ4v) is 3.00. The van der Waals surface area contributed by atoms with Crippen molar-refractivity contribution in [2.75, 3.05) is 24.5 Å². The summed E-state index contributed by atoms with van der Waals surface area (Å²) in [7, 11) is 0. The lowest BCUT2D eigenvalue weighted by atomic mass is 10.1. The Hall–Kier alpha value is -1.75. The molecule has 0 saturated carbocycles. The van der Waals surface area contributed by atoms with E-state index in [0.29, 0.717) is 17.0 Å². The van der Waals surface area contributed by atoms with Gasteiger partial charge in [-0.3, -0.25) is 4.79 Å². The smallest absolute Gasteiger partial charge is 0.287 e. The number of hydrogen-bond donors (Lipinski definition) is 1. The van der Waals surface area contributed by atoms with E-state index in [1.807, 2.05) is 0 Å². The van der Waals surface area contributed by atoms with Crippen molar-refractivity contribution in [2.24, 2.45) is 0 Å². The first-order valence-corrected chi connectivity index (χ1v) is 8.39. The van der Waals surface area contributed by atoms with Crippen molar-refractivity contribution in [3.63, 3.8) is 0 Å². The van der Waals surface area contributed by atoms with Gasteiger partial charge in [-0.15, -0.1) is 0 Å². The van der Waals surface area contributed by atoms with E-state index in [1.165, 1.54) is 24.1 Å². The molecule has 2 heterocycles. The van der Waals surface area contributed by atoms with Gasteiger partial charge in [0.15, 0.2) is 10.4 Å². The number of nitrogens with zero attached hydrogens (tertiary/aromatic N) is 1. The highest BCUT2D eigenvalue weighted by atomic mass is 79.9. The van der Waals surface area contributed by atoms with Crippen LogP contribution in [0.1, 0.15) is 29.0 Å². The zero-order valence-electron chi connectivity index (χ0n) is 12.3. The molecule has 1 amide bonds. The van der Waals surface area contributed by atoms with E-state index in [-0.39, 0.29) is 5.91 Å². The molecule has 1 aromatic carbocycles. The quantitative estimate of drug-likeness (QED) is 0.883. The van der Waals surface area contributed by atoms with Gasteiger partial charge in [0, 0.05) is 25.3 Å². The lowest BCUT2D eigenvalue weighted by molar-refractivity contribution is 0.0925. The number of halogens is 1. The van der Waals surface area contributed by atoms with E-state index in [9.17, 15) is 4.79 Å². The summed E-state index contributed by atoms with van der Waals surface area (Å²) >= 11 is 3.19. The monoisotopic (exact) mass is 362 g/mol. The summed E-state index contributed by atoms with van der Waals surface area (Å²) in [5.41, 5.74) is 2.52. The Labute approximate surface area is 138 Å². The fourth-order valence-electron chi connectivity index (χ4n) is 2.69. The predicted octanol–water partition coefficient (Wildman–Crippen LogP) is 3.61. The molecule has 1 N–H and O–H groups in total. The third-order valence-electron chi connectivity index (χ3n) is 3.90. The molecule has 4 nitrogen and oxygen atoms in total. The van der Waals surface area contributed by atoms with Crippen LogP contribution in [0.3, 0.4) is 0 Å². The number of benzene rings is 1. The molecule has 2 aromatic rings. The molecule has 3 rings (SSSR count). The van der Waals surface area contributed by atoms with Gasteiger partial charge in [-0.1, -0.05) is 12.1 Å². The Kier molecular flexibility index (Phi) is 4.83. The Balaban J connectivity index is 1.48. The number of amides is 1. The van der Waals surface area contributed by atoms with Crippen molar-refractivity contribution in [2.45, 2.75) is 19.3 Å². The third-order valence-corrected chi connectivity index (χ3v) is 4.33. The molecule has 0 unspecified atom stereocenters. The molecular formula is C17H19BrN2O2. The van der Waals surface area contributed by atoms with E-state index >= 15 is 0 Å². The van der Waals surface area contributed by atoms with Gasteiger partial charge in [-0.25, -0.2) is 0 Å². The lowest BCUT2D eigenvalue weighted by Crippen LogP contribution is -2.25. The molecule has 1 aliphatic heterocycles. The van der Waals surface area contributed by atoms with Crippen LogP contribution in [0.2, 0.25) is 0 Å². The van der Waals surface area contributed by atoms with Crippen LogP contribution in [0.25, 0.3) is 0 Å². The summed E-state index contributed by atoms with van der Waals surface area (Å²) in [5, 5.41) is 2.87. The van der Waals surface area contributed by atoms with Crippen LogP contribution in [0.4, 0.5) is 5.69 Å². The molecule has 116 valence electrons. The first kappa shape index (κ1) is 15.2. The summed E-state index contributed by atoms with van der Waals surface area (Å²) in [6, 6.07) is 12.0. The van der Waals surface area contributed by atoms with Crippen LogP contribution >= 0.6 is 15.9 Å². The standard InChI is InChI=1S/C17H19BrN2O2/c18-16-8-7-15(22-16)17(21)19-10-9-13-3-5-14(6-4-13)20-11-1-2-12-20/h3-8H,1-2,9-12H2,(H,19,21). The van der Waals surface area contributed by atoms with Crippen LogP contribution in [0, 0.1) is 0 Å². The fraction of sp³-hybridized carbons (Fsp3) is 0.353. The summed E-state index contributed by atoms with van der Waals surface area (Å²) in [6.45, 7) is 2.92. The zero-order chi connectivity index (χ0) is 15.4. The Morgan fingerprint density at radius 3 is 2.50 bits per heavy atom. The molecule has 0 bridgehead atoms. The molecular weight excluding hydrogens is 344 g/mol. The predicted molar refractivity (Wildman–Crippen MR) is 90.3 cm³/mol. The van der Waals surface area contributed by atoms with Gasteiger partial charge < -0.3 is 14.6 Å². The second-order valence-electron chi connectivity index (χ2n) is 5.47. The van der Waals surface area contributed by atoms with Gasteiger partial charge in [-0.2, -0.15) is 0 Å². The molecule has 1 aliphatic rings. The minimum atomic E-state index is -0.181. The van der Waals surface area contributed by atoms with Crippen molar-refractivity contribution in [1.29, 1.82) is 0 Å². The van der Waals surface area contributed by atoms with Gasteiger partial charge in [0.1, 0.15) is 0 Å². The van der Waals surface area contributed by atoms with E-state index in [1.54, 1.807) is 12.1 Å². The largest absolute Gasteiger partial charge is 0.444 e. The number of rotatable bonds is 5. The summed E-state index contributed by atoms with van der Waals surface area (Å²) in [5.74, 6) is 0.149. The second kappa shape index (κ2) is 7.01. The third kappa shape index (κ3) is 3.71. The van der Waals surface area contributed by atoms with Crippen LogP contribution in [0.15, 0.2) is 45.5 Å². The molecule has 22 heavy (non-hydrogen) atoms. The number of carbonyl (C=O) groups excluding carboxylic acids is 1. The van der Waals surface area contributed by atoms with Crippen LogP contribution in [0.5, 0.6) is 0 Å². The summed E-state index contributed by atoms with van der Waals surface area (Å²) < 4.78 is 5.78. The minimum Gasteiger partial charge on any atom is -0.444 e. The number of nitrogens with one attached hydrogen (secondary N) is 1. The van der Waals surface area contributed by atoms with E-state index in [0.717, 1.165) is 19.5 Å². The van der Waals surface area contributed by atoms with Crippen molar-refractivity contribution in [3.05, 3.63) is 52.4 Å². The van der Waals surface area contributed by atoms with Crippen LogP contribution in [-0.4, -0.2) is 25.5 Å². The maximum absolute atomic E-state index is 11.8. The van der Waals surface area contributed by atoms with Crippen molar-refractivity contribution in [3.8, 4) is 0 Å². The SMILES string of the molecule is O=C(NCCc1ccc(N2CCCC2)cc1)c1ccc(Br)o1. The van der Waals surface area contributed by atoms with Gasteiger partial charge >= 0.3 is 0 Å². The summed E-state index contributed by atoms with van der Waals surface area (Å²) in [4.78, 5) is 14.3. The second-order valence-corrected chi connectivity index (χ2v) is 6.25. The normalized spacial score (nSPS) is 14.3. The molecule has 1 aromatic heterocycles. The molecule has 0 spiro atoms. The van der Waals surface area contributed by atoms with Crippen molar-refractivity contribution in [1.82, 2.24) is 5.32 Å². The van der Waals surface area contributed by atoms with E-state index < -0.39 is 0 Å². The number of carbonyl (C=O) groups is 1. The Morgan fingerprint density at radius 2 is 1.86 bits per heavy atom. The molecule has 1 saturated heterocycles. The molecule has 5 heteroatoms. The first-order valence-electron chi connectivity index (χ1n) is 7.60. The van der Waals surface area contributed by atoms with Gasteiger partial charge in [0.05, 0.1) is 0 Å². The molecule has 0 atom stereocenters. The first-order chi connectivity index (χ1) is 10.7. The zero-order valence-corrected chi connectivity index (χ0v) is 13.9. The Bertz CT molecular complexity index is 630. The molecule has 0 aliphatic carbocycles. The van der Waals surface area contributed by atoms with Crippen LogP contribution < -0.4 is 10.2 Å². The maximum Gasteiger partial charge on any atom is 0.287 e. The highest BCUT2D eigenvalue weighted by Gasteiger charge is 2.12. The van der Waals surface area contributed by atoms with Gasteiger partial charge in [0.2, 0.25) is 0 Å². The molecule has 1 fully saturated rings. The van der Waals surface area contributed by atoms with E-state index in [2.05, 4.69) is 50.4 Å². The highest BCUT2D eigenvalue weighted by molar-refractivity contribution is 9.10. The number of hydrogen-bond acceptors (Lipinski definition) is 3. The average molecular weight is 363 g/mol. The van der Waals surface area contributed by atoms with Crippen molar-refractivity contribution < 1.29 is 9.21 Å². The summed E-state index contributed by atoms with van der Waals surface area (Å²) in [6.07, 6.45) is 3.39. The minimum absolute atomic E-state index is 0.181. The maximum atomic E-state index is 11.8.